The van der Waals surface area contributed by atoms with Crippen LogP contribution >= 0.6 is 11.6 Å². The number of nitriles is 1. The summed E-state index contributed by atoms with van der Waals surface area (Å²) in [6, 6.07) is 10.1. The van der Waals surface area contributed by atoms with Crippen molar-refractivity contribution in [1.82, 2.24) is 4.90 Å². The highest BCUT2D eigenvalue weighted by Gasteiger charge is 2.22. The minimum absolute atomic E-state index is 0.0344. The first kappa shape index (κ1) is 15.0. The molecule has 1 aromatic rings. The molecule has 0 heterocycles. The summed E-state index contributed by atoms with van der Waals surface area (Å²) in [5.74, 6) is 0. The number of rotatable bonds is 6. The van der Waals surface area contributed by atoms with Crippen LogP contribution in [0.2, 0.25) is 5.02 Å². The third-order valence-electron chi connectivity index (χ3n) is 3.12. The van der Waals surface area contributed by atoms with Gasteiger partial charge in [0.05, 0.1) is 6.07 Å². The smallest absolute Gasteiger partial charge is 0.0635 e. The first-order chi connectivity index (χ1) is 8.60. The van der Waals surface area contributed by atoms with Crippen LogP contribution in [0.3, 0.4) is 0 Å². The molecule has 0 aliphatic carbocycles. The van der Waals surface area contributed by atoms with E-state index in [1.807, 2.05) is 31.3 Å². The second-order valence-corrected chi connectivity index (χ2v) is 4.90. The van der Waals surface area contributed by atoms with E-state index in [2.05, 4.69) is 17.9 Å². The molecule has 0 fully saturated rings. The SMILES string of the molecule is CCC(N)C(c1cccc(Cl)c1)N(C)CCC#N. The second kappa shape index (κ2) is 7.38. The summed E-state index contributed by atoms with van der Waals surface area (Å²) in [5.41, 5.74) is 7.31. The average molecular weight is 266 g/mol. The maximum absolute atomic E-state index is 8.68. The van der Waals surface area contributed by atoms with Gasteiger partial charge in [-0.05, 0) is 31.2 Å². The van der Waals surface area contributed by atoms with Crippen LogP contribution in [0.25, 0.3) is 0 Å². The van der Waals surface area contributed by atoms with Crippen LogP contribution in [-0.2, 0) is 0 Å². The summed E-state index contributed by atoms with van der Waals surface area (Å²) < 4.78 is 0. The van der Waals surface area contributed by atoms with Crippen molar-refractivity contribution in [3.05, 3.63) is 34.9 Å². The Balaban J connectivity index is 2.94. The Morgan fingerprint density at radius 3 is 2.78 bits per heavy atom. The topological polar surface area (TPSA) is 53.0 Å². The summed E-state index contributed by atoms with van der Waals surface area (Å²) in [5, 5.41) is 9.40. The van der Waals surface area contributed by atoms with Crippen molar-refractivity contribution in [2.45, 2.75) is 31.8 Å². The molecule has 0 amide bonds. The van der Waals surface area contributed by atoms with Crippen LogP contribution < -0.4 is 5.73 Å². The van der Waals surface area contributed by atoms with E-state index in [1.54, 1.807) is 0 Å². The van der Waals surface area contributed by atoms with Crippen molar-refractivity contribution >= 4 is 11.6 Å². The molecule has 4 heteroatoms. The van der Waals surface area contributed by atoms with Gasteiger partial charge in [0.25, 0.3) is 0 Å². The van der Waals surface area contributed by atoms with Crippen LogP contribution in [0.5, 0.6) is 0 Å². The Kier molecular flexibility index (Phi) is 6.14. The largest absolute Gasteiger partial charge is 0.326 e. The molecule has 0 aromatic heterocycles. The third kappa shape index (κ3) is 3.99. The Morgan fingerprint density at radius 2 is 2.22 bits per heavy atom. The van der Waals surface area contributed by atoms with E-state index in [1.165, 1.54) is 0 Å². The first-order valence-corrected chi connectivity index (χ1v) is 6.56. The highest BCUT2D eigenvalue weighted by atomic mass is 35.5. The molecule has 3 nitrogen and oxygen atoms in total. The molecule has 1 aromatic carbocycles. The average Bonchev–Trinajstić information content (AvgIpc) is 2.36. The number of hydrogen-bond donors (Lipinski definition) is 1. The van der Waals surface area contributed by atoms with E-state index >= 15 is 0 Å². The quantitative estimate of drug-likeness (QED) is 0.860. The molecule has 0 bridgehead atoms. The van der Waals surface area contributed by atoms with Gasteiger partial charge in [0.15, 0.2) is 0 Å². The van der Waals surface area contributed by atoms with Crippen molar-refractivity contribution in [2.24, 2.45) is 5.73 Å². The van der Waals surface area contributed by atoms with Gasteiger partial charge in [-0.2, -0.15) is 5.26 Å². The molecule has 0 saturated carbocycles. The predicted octanol–water partition coefficient (Wildman–Crippen LogP) is 2.96. The molecular weight excluding hydrogens is 246 g/mol. The second-order valence-electron chi connectivity index (χ2n) is 4.46. The van der Waals surface area contributed by atoms with Crippen LogP contribution in [0.4, 0.5) is 0 Å². The molecule has 0 spiro atoms. The number of nitrogens with zero attached hydrogens (tertiary/aromatic N) is 2. The number of likely N-dealkylation sites (N-methyl/N-ethyl adjacent to an activating group) is 1. The van der Waals surface area contributed by atoms with Crippen molar-refractivity contribution in [2.75, 3.05) is 13.6 Å². The van der Waals surface area contributed by atoms with E-state index in [0.717, 1.165) is 17.0 Å². The third-order valence-corrected chi connectivity index (χ3v) is 3.35. The standard InChI is InChI=1S/C14H20ClN3/c1-3-13(17)14(18(2)9-5-8-16)11-6-4-7-12(15)10-11/h4,6-7,10,13-14H,3,5,9,17H2,1-2H3. The van der Waals surface area contributed by atoms with Crippen LogP contribution in [0, 0.1) is 11.3 Å². The van der Waals surface area contributed by atoms with Gasteiger partial charge in [-0.15, -0.1) is 0 Å². The lowest BCUT2D eigenvalue weighted by Crippen LogP contribution is -2.39. The van der Waals surface area contributed by atoms with Gasteiger partial charge in [-0.1, -0.05) is 30.7 Å². The van der Waals surface area contributed by atoms with Gasteiger partial charge in [0.2, 0.25) is 0 Å². The number of nitrogens with two attached hydrogens (primary N) is 1. The summed E-state index contributed by atoms with van der Waals surface area (Å²) in [7, 11) is 2.00. The molecule has 0 saturated heterocycles. The van der Waals surface area contributed by atoms with E-state index in [9.17, 15) is 0 Å². The lowest BCUT2D eigenvalue weighted by molar-refractivity contribution is 0.214. The van der Waals surface area contributed by atoms with Crippen LogP contribution in [0.15, 0.2) is 24.3 Å². The fourth-order valence-electron chi connectivity index (χ4n) is 2.11. The van der Waals surface area contributed by atoms with Gasteiger partial charge >= 0.3 is 0 Å². The van der Waals surface area contributed by atoms with Crippen LogP contribution in [0.1, 0.15) is 31.4 Å². The van der Waals surface area contributed by atoms with E-state index in [0.29, 0.717) is 13.0 Å². The Morgan fingerprint density at radius 1 is 1.50 bits per heavy atom. The monoisotopic (exact) mass is 265 g/mol. The molecule has 0 aliphatic rings. The zero-order chi connectivity index (χ0) is 13.5. The minimum atomic E-state index is 0.0344. The molecule has 2 atom stereocenters. The molecule has 18 heavy (non-hydrogen) atoms. The molecule has 0 radical (unpaired) electrons. The minimum Gasteiger partial charge on any atom is -0.326 e. The van der Waals surface area contributed by atoms with Crippen LogP contribution in [-0.4, -0.2) is 24.5 Å². The summed E-state index contributed by atoms with van der Waals surface area (Å²) >= 11 is 6.03. The normalized spacial score (nSPS) is 14.2. The highest BCUT2D eigenvalue weighted by molar-refractivity contribution is 6.30. The molecule has 98 valence electrons. The van der Waals surface area contributed by atoms with Gasteiger partial charge in [-0.3, -0.25) is 4.90 Å². The van der Waals surface area contributed by atoms with Gasteiger partial charge in [0.1, 0.15) is 0 Å². The summed E-state index contributed by atoms with van der Waals surface area (Å²) in [6.07, 6.45) is 1.39. The lowest BCUT2D eigenvalue weighted by Gasteiger charge is -2.32. The Labute approximate surface area is 114 Å². The van der Waals surface area contributed by atoms with Crippen molar-refractivity contribution in [1.29, 1.82) is 5.26 Å². The Bertz CT molecular complexity index is 414. The molecule has 1 rings (SSSR count). The summed E-state index contributed by atoms with van der Waals surface area (Å²) in [4.78, 5) is 2.13. The predicted molar refractivity (Wildman–Crippen MR) is 75.3 cm³/mol. The van der Waals surface area contributed by atoms with Gasteiger partial charge in [-0.25, -0.2) is 0 Å². The first-order valence-electron chi connectivity index (χ1n) is 6.18. The zero-order valence-corrected chi connectivity index (χ0v) is 11.7. The number of benzene rings is 1. The summed E-state index contributed by atoms with van der Waals surface area (Å²) in [6.45, 7) is 2.78. The fourth-order valence-corrected chi connectivity index (χ4v) is 2.31. The van der Waals surface area contributed by atoms with Gasteiger partial charge < -0.3 is 5.73 Å². The van der Waals surface area contributed by atoms with Crippen molar-refractivity contribution in [3.63, 3.8) is 0 Å². The number of halogens is 1. The fraction of sp³-hybridized carbons (Fsp3) is 0.500. The van der Waals surface area contributed by atoms with Crippen molar-refractivity contribution < 1.29 is 0 Å². The maximum Gasteiger partial charge on any atom is 0.0635 e. The van der Waals surface area contributed by atoms with E-state index < -0.39 is 0 Å². The maximum atomic E-state index is 8.68. The molecule has 0 aliphatic heterocycles. The van der Waals surface area contributed by atoms with Gasteiger partial charge in [0, 0.05) is 30.1 Å². The molecular formula is C14H20ClN3. The molecule has 2 N–H and O–H groups in total. The van der Waals surface area contributed by atoms with E-state index in [4.69, 9.17) is 22.6 Å². The molecule has 2 unspecified atom stereocenters. The highest BCUT2D eigenvalue weighted by Crippen LogP contribution is 2.26. The lowest BCUT2D eigenvalue weighted by atomic mass is 9.96. The van der Waals surface area contributed by atoms with E-state index in [-0.39, 0.29) is 12.1 Å². The van der Waals surface area contributed by atoms with Crippen molar-refractivity contribution in [3.8, 4) is 6.07 Å². The zero-order valence-electron chi connectivity index (χ0n) is 10.9. The Hall–Kier alpha value is -1.08. The number of hydrogen-bond acceptors (Lipinski definition) is 3.